The topological polar surface area (TPSA) is 29.3 Å². The maximum atomic E-state index is 6.17. The highest BCUT2D eigenvalue weighted by Crippen LogP contribution is 2.31. The van der Waals surface area contributed by atoms with Gasteiger partial charge in [-0.25, -0.2) is 0 Å². The van der Waals surface area contributed by atoms with E-state index in [0.717, 1.165) is 11.6 Å². The van der Waals surface area contributed by atoms with Crippen LogP contribution in [-0.2, 0) is 0 Å². The van der Waals surface area contributed by atoms with Crippen molar-refractivity contribution in [3.63, 3.8) is 0 Å². The van der Waals surface area contributed by atoms with Crippen LogP contribution in [0.1, 0.15) is 38.3 Å². The van der Waals surface area contributed by atoms with Gasteiger partial charge in [-0.2, -0.15) is 0 Å². The Morgan fingerprint density at radius 2 is 2.00 bits per heavy atom. The lowest BCUT2D eigenvalue weighted by Crippen LogP contribution is -2.41. The minimum Gasteiger partial charge on any atom is -0.326 e. The van der Waals surface area contributed by atoms with Gasteiger partial charge in [-0.1, -0.05) is 23.7 Å². The van der Waals surface area contributed by atoms with Gasteiger partial charge in [0.25, 0.3) is 0 Å². The van der Waals surface area contributed by atoms with E-state index >= 15 is 0 Å². The molecule has 1 saturated heterocycles. The van der Waals surface area contributed by atoms with Gasteiger partial charge in [-0.05, 0) is 50.9 Å². The molecule has 0 aromatic heterocycles. The van der Waals surface area contributed by atoms with Crippen molar-refractivity contribution in [1.29, 1.82) is 0 Å². The molecule has 1 aromatic carbocycles. The summed E-state index contributed by atoms with van der Waals surface area (Å²) in [6, 6.07) is 9.17. The molecule has 3 heteroatoms. The molecule has 0 amide bonds. The van der Waals surface area contributed by atoms with Crippen LogP contribution in [0.3, 0.4) is 0 Å². The molecule has 0 saturated carbocycles. The fourth-order valence-corrected chi connectivity index (χ4v) is 2.95. The molecule has 1 aliphatic rings. The number of nitrogens with two attached hydrogens (primary N) is 1. The van der Waals surface area contributed by atoms with Crippen molar-refractivity contribution in [2.75, 3.05) is 6.54 Å². The molecule has 3 atom stereocenters. The Morgan fingerprint density at radius 3 is 2.47 bits per heavy atom. The van der Waals surface area contributed by atoms with Crippen molar-refractivity contribution in [1.82, 2.24) is 4.90 Å². The highest BCUT2D eigenvalue weighted by Gasteiger charge is 2.30. The third-order valence-corrected chi connectivity index (χ3v) is 3.92. The molecule has 94 valence electrons. The lowest BCUT2D eigenvalue weighted by atomic mass is 9.98. The first-order valence-corrected chi connectivity index (χ1v) is 6.74. The van der Waals surface area contributed by atoms with Gasteiger partial charge in [-0.3, -0.25) is 4.90 Å². The van der Waals surface area contributed by atoms with E-state index in [-0.39, 0.29) is 6.04 Å². The van der Waals surface area contributed by atoms with Crippen molar-refractivity contribution in [3.05, 3.63) is 34.9 Å². The van der Waals surface area contributed by atoms with Crippen LogP contribution in [0, 0.1) is 0 Å². The van der Waals surface area contributed by atoms with Gasteiger partial charge in [0, 0.05) is 23.1 Å². The predicted octanol–water partition coefficient (Wildman–Crippen LogP) is 3.21. The lowest BCUT2D eigenvalue weighted by molar-refractivity contribution is 0.170. The van der Waals surface area contributed by atoms with Gasteiger partial charge in [0.05, 0.1) is 0 Å². The molecule has 1 heterocycles. The average Bonchev–Trinajstić information content (AvgIpc) is 2.68. The summed E-state index contributed by atoms with van der Waals surface area (Å²) in [5.41, 5.74) is 7.45. The molecule has 2 rings (SSSR count). The monoisotopic (exact) mass is 252 g/mol. The first-order chi connectivity index (χ1) is 8.09. The average molecular weight is 253 g/mol. The minimum atomic E-state index is 0.136. The van der Waals surface area contributed by atoms with E-state index < -0.39 is 0 Å². The maximum absolute atomic E-state index is 6.17. The SMILES string of the molecule is CC(N)C(c1ccc(Cl)cc1)N1CCCC1C. The molecule has 2 nitrogen and oxygen atoms in total. The Hall–Kier alpha value is -0.570. The normalized spacial score (nSPS) is 24.8. The van der Waals surface area contributed by atoms with E-state index in [4.69, 9.17) is 17.3 Å². The van der Waals surface area contributed by atoms with Crippen molar-refractivity contribution < 1.29 is 0 Å². The molecule has 0 radical (unpaired) electrons. The van der Waals surface area contributed by atoms with Crippen molar-refractivity contribution in [2.45, 2.75) is 44.8 Å². The van der Waals surface area contributed by atoms with Crippen molar-refractivity contribution in [2.24, 2.45) is 5.73 Å². The standard InChI is InChI=1S/C14H21ClN2/c1-10-4-3-9-17(10)14(11(2)16)12-5-7-13(15)8-6-12/h5-8,10-11,14H,3-4,9,16H2,1-2H3. The summed E-state index contributed by atoms with van der Waals surface area (Å²) < 4.78 is 0. The maximum Gasteiger partial charge on any atom is 0.0499 e. The number of likely N-dealkylation sites (tertiary alicyclic amines) is 1. The Bertz CT molecular complexity index is 361. The van der Waals surface area contributed by atoms with Gasteiger partial charge >= 0.3 is 0 Å². The molecular weight excluding hydrogens is 232 g/mol. The second-order valence-electron chi connectivity index (χ2n) is 5.08. The zero-order valence-corrected chi connectivity index (χ0v) is 11.3. The second-order valence-corrected chi connectivity index (χ2v) is 5.52. The van der Waals surface area contributed by atoms with Gasteiger partial charge in [0.2, 0.25) is 0 Å². The van der Waals surface area contributed by atoms with E-state index in [1.807, 2.05) is 12.1 Å². The smallest absolute Gasteiger partial charge is 0.0499 e. The molecule has 3 unspecified atom stereocenters. The van der Waals surface area contributed by atoms with Crippen molar-refractivity contribution >= 4 is 11.6 Å². The summed E-state index contributed by atoms with van der Waals surface area (Å²) >= 11 is 5.94. The van der Waals surface area contributed by atoms with Gasteiger partial charge < -0.3 is 5.73 Å². The van der Waals surface area contributed by atoms with Gasteiger partial charge in [0.15, 0.2) is 0 Å². The van der Waals surface area contributed by atoms with Crippen LogP contribution >= 0.6 is 11.6 Å². The quantitative estimate of drug-likeness (QED) is 0.895. The summed E-state index contributed by atoms with van der Waals surface area (Å²) in [6.07, 6.45) is 2.55. The molecule has 0 bridgehead atoms. The second kappa shape index (κ2) is 5.38. The molecule has 0 aliphatic carbocycles. The molecule has 0 spiro atoms. The first-order valence-electron chi connectivity index (χ1n) is 6.36. The Balaban J connectivity index is 2.25. The number of rotatable bonds is 3. The van der Waals surface area contributed by atoms with E-state index in [0.29, 0.717) is 12.1 Å². The Kier molecular flexibility index (Phi) is 4.08. The van der Waals surface area contributed by atoms with E-state index in [9.17, 15) is 0 Å². The number of hydrogen-bond donors (Lipinski definition) is 1. The number of halogens is 1. The first kappa shape index (κ1) is 12.9. The van der Waals surface area contributed by atoms with Gasteiger partial charge in [-0.15, -0.1) is 0 Å². The highest BCUT2D eigenvalue weighted by atomic mass is 35.5. The third-order valence-electron chi connectivity index (χ3n) is 3.67. The van der Waals surface area contributed by atoms with E-state index in [1.165, 1.54) is 18.4 Å². The molecule has 1 aliphatic heterocycles. The Labute approximate surface area is 109 Å². The summed E-state index contributed by atoms with van der Waals surface area (Å²) in [4.78, 5) is 2.52. The third kappa shape index (κ3) is 2.82. The zero-order valence-electron chi connectivity index (χ0n) is 10.6. The van der Waals surface area contributed by atoms with Crippen LogP contribution in [-0.4, -0.2) is 23.5 Å². The summed E-state index contributed by atoms with van der Waals surface area (Å²) in [5, 5.41) is 0.784. The number of nitrogens with zero attached hydrogens (tertiary/aromatic N) is 1. The molecule has 1 fully saturated rings. The minimum absolute atomic E-state index is 0.136. The number of benzene rings is 1. The van der Waals surface area contributed by atoms with Crippen LogP contribution < -0.4 is 5.73 Å². The van der Waals surface area contributed by atoms with E-state index in [2.05, 4.69) is 30.9 Å². The highest BCUT2D eigenvalue weighted by molar-refractivity contribution is 6.30. The molecule has 17 heavy (non-hydrogen) atoms. The van der Waals surface area contributed by atoms with Gasteiger partial charge in [0.1, 0.15) is 0 Å². The fraction of sp³-hybridized carbons (Fsp3) is 0.571. The summed E-state index contributed by atoms with van der Waals surface area (Å²) in [6.45, 7) is 5.53. The van der Waals surface area contributed by atoms with E-state index in [1.54, 1.807) is 0 Å². The van der Waals surface area contributed by atoms with Crippen LogP contribution in [0.5, 0.6) is 0 Å². The van der Waals surface area contributed by atoms with Crippen LogP contribution in [0.25, 0.3) is 0 Å². The Morgan fingerprint density at radius 1 is 1.35 bits per heavy atom. The number of hydrogen-bond acceptors (Lipinski definition) is 2. The van der Waals surface area contributed by atoms with Crippen molar-refractivity contribution in [3.8, 4) is 0 Å². The molecule has 1 aromatic rings. The van der Waals surface area contributed by atoms with Crippen LogP contribution in [0.4, 0.5) is 0 Å². The predicted molar refractivity (Wildman–Crippen MR) is 73.2 cm³/mol. The summed E-state index contributed by atoms with van der Waals surface area (Å²) in [7, 11) is 0. The van der Waals surface area contributed by atoms with Crippen LogP contribution in [0.15, 0.2) is 24.3 Å². The fourth-order valence-electron chi connectivity index (χ4n) is 2.83. The lowest BCUT2D eigenvalue weighted by Gasteiger charge is -2.34. The largest absolute Gasteiger partial charge is 0.326 e. The summed E-state index contributed by atoms with van der Waals surface area (Å²) in [5.74, 6) is 0. The van der Waals surface area contributed by atoms with Crippen LogP contribution in [0.2, 0.25) is 5.02 Å². The molecular formula is C14H21ClN2. The zero-order chi connectivity index (χ0) is 12.4. The molecule has 2 N–H and O–H groups in total.